The molecule has 16 nitrogen and oxygen atoms in total. The minimum atomic E-state index is -1.16. The van der Waals surface area contributed by atoms with Crippen molar-refractivity contribution < 1.29 is 38.1 Å². The molecule has 68 heavy (non-hydrogen) atoms. The van der Waals surface area contributed by atoms with E-state index in [1.807, 2.05) is 25.4 Å². The molecule has 5 aliphatic heterocycles. The molecule has 9 rings (SSSR count). The van der Waals surface area contributed by atoms with Crippen molar-refractivity contribution in [2.24, 2.45) is 5.41 Å². The monoisotopic (exact) mass is 955 g/mol. The summed E-state index contributed by atoms with van der Waals surface area (Å²) in [4.78, 5) is 58.5. The Morgan fingerprint density at radius 1 is 1.06 bits per heavy atom. The summed E-state index contributed by atoms with van der Waals surface area (Å²) in [6, 6.07) is 6.83. The highest BCUT2D eigenvalue weighted by atomic mass is 32.1. The van der Waals surface area contributed by atoms with Crippen molar-refractivity contribution >= 4 is 45.7 Å². The molecule has 0 unspecified atom stereocenters. The molecule has 2 amide bonds. The van der Waals surface area contributed by atoms with Crippen LogP contribution in [0.3, 0.4) is 0 Å². The number of amides is 2. The number of aromatic nitrogens is 3. The van der Waals surface area contributed by atoms with Crippen LogP contribution in [0.15, 0.2) is 35.8 Å². The number of ether oxygens (including phenoxy) is 5. The van der Waals surface area contributed by atoms with Crippen LogP contribution < -0.4 is 15.6 Å². The zero-order valence-electron chi connectivity index (χ0n) is 41.1. The Kier molecular flexibility index (Phi) is 14.3. The van der Waals surface area contributed by atoms with Crippen LogP contribution in [0.2, 0.25) is 0 Å². The molecule has 5 aliphatic rings. The van der Waals surface area contributed by atoms with E-state index in [1.54, 1.807) is 7.11 Å². The van der Waals surface area contributed by atoms with Crippen molar-refractivity contribution in [3.63, 3.8) is 0 Å². The Morgan fingerprint density at radius 2 is 1.84 bits per heavy atom. The number of piperazine rings is 1. The summed E-state index contributed by atoms with van der Waals surface area (Å²) in [5, 5.41) is 8.17. The van der Waals surface area contributed by atoms with Crippen molar-refractivity contribution in [3.8, 4) is 22.5 Å². The lowest BCUT2D eigenvalue weighted by molar-refractivity contribution is -0.158. The first-order chi connectivity index (χ1) is 32.7. The molecule has 0 radical (unpaired) electrons. The number of esters is 1. The normalized spacial score (nSPS) is 26.1. The standard InChI is InChI=1S/C51H70N8O8S/c1-9-64-45-43(54-49(62)51-16-14-35(67-51)15-17-51)47(60)59-18-10-11-39(55-59)48(61)66-30-50(5,6)27-38-36-25-33(40-29-68-46(45)53-40)12-13-41(36)58(23-24-65-31(2)3)44(38)37-26-34(28-52-42(37)32(4)63-8)57-21-19-56(7)20-22-57/h12-13,25-26,28-29,31-32,35,39,43,45,55H,9-11,14-24,27,30H2,1-8H3,(H,54,62)/t32-,35?,39-,43-,45-,51?/m0/s1. The summed E-state index contributed by atoms with van der Waals surface area (Å²) < 4.78 is 33.6. The molecule has 2 N–H and O–H groups in total. The van der Waals surface area contributed by atoms with Gasteiger partial charge >= 0.3 is 5.97 Å². The SMILES string of the molecule is CCO[C@@H]1c2nc(cs2)-c2ccc3c(c2)c(c(-c2cc(N4CCN(C)CC4)cnc2[C@H](C)OC)n3CCOC(C)C)CC(C)(C)COC(=O)[C@@H]2CCCN(N2)C(=O)[C@H]1NC(=O)C12CCC(CC1)O2. The number of nitrogens with one attached hydrogen (secondary N) is 2. The van der Waals surface area contributed by atoms with E-state index in [0.717, 1.165) is 89.4 Å². The molecular weight excluding hydrogens is 885 g/mol. The van der Waals surface area contributed by atoms with Gasteiger partial charge in [0.15, 0.2) is 0 Å². The summed E-state index contributed by atoms with van der Waals surface area (Å²) in [5.41, 5.74) is 9.32. The predicted octanol–water partition coefficient (Wildman–Crippen LogP) is 6.61. The van der Waals surface area contributed by atoms with E-state index in [4.69, 9.17) is 33.7 Å². The topological polar surface area (TPSA) is 162 Å². The smallest absolute Gasteiger partial charge is 0.324 e. The maximum atomic E-state index is 14.9. The molecule has 4 atom stereocenters. The van der Waals surface area contributed by atoms with Gasteiger partial charge in [-0.25, -0.2) is 10.4 Å². The van der Waals surface area contributed by atoms with Crippen LogP contribution in [-0.2, 0) is 51.0 Å². The van der Waals surface area contributed by atoms with E-state index in [-0.39, 0.29) is 37.4 Å². The third-order valence-electron chi connectivity index (χ3n) is 14.5. The molecule has 368 valence electrons. The van der Waals surface area contributed by atoms with Crippen LogP contribution in [0.5, 0.6) is 0 Å². The third-order valence-corrected chi connectivity index (χ3v) is 15.4. The molecular formula is C51H70N8O8S. The maximum absolute atomic E-state index is 14.9. The van der Waals surface area contributed by atoms with Gasteiger partial charge in [0.2, 0.25) is 0 Å². The van der Waals surface area contributed by atoms with Crippen LogP contribution in [0, 0.1) is 5.41 Å². The molecule has 4 fully saturated rings. The van der Waals surface area contributed by atoms with Crippen molar-refractivity contribution in [1.82, 2.24) is 35.2 Å². The third kappa shape index (κ3) is 9.81. The molecule has 1 aromatic carbocycles. The molecule has 17 heteroatoms. The Morgan fingerprint density at radius 3 is 2.54 bits per heavy atom. The van der Waals surface area contributed by atoms with Gasteiger partial charge in [0.1, 0.15) is 28.8 Å². The number of cyclic esters (lactones) is 1. The second-order valence-corrected chi connectivity index (χ2v) is 21.3. The molecule has 8 heterocycles. The molecule has 0 spiro atoms. The number of thiazole rings is 1. The first kappa shape index (κ1) is 48.5. The largest absolute Gasteiger partial charge is 0.464 e. The number of methoxy groups -OCH3 is 1. The summed E-state index contributed by atoms with van der Waals surface area (Å²) in [6.07, 6.45) is 5.25. The van der Waals surface area contributed by atoms with Crippen LogP contribution in [0.4, 0.5) is 5.69 Å². The molecule has 8 bridgehead atoms. The van der Waals surface area contributed by atoms with Crippen LogP contribution in [0.25, 0.3) is 33.4 Å². The van der Waals surface area contributed by atoms with Gasteiger partial charge in [0, 0.05) is 85.8 Å². The van der Waals surface area contributed by atoms with Crippen LogP contribution in [-0.4, -0.2) is 139 Å². The Bertz CT molecular complexity index is 2470. The number of likely N-dealkylation sites (N-methyl/N-ethyl adjacent to an activating group) is 1. The number of hydrazine groups is 1. The molecule has 4 saturated heterocycles. The Labute approximate surface area is 404 Å². The number of fused-ring (bicyclic) bond motifs is 8. The summed E-state index contributed by atoms with van der Waals surface area (Å²) in [7, 11) is 3.88. The highest BCUT2D eigenvalue weighted by molar-refractivity contribution is 7.10. The van der Waals surface area contributed by atoms with Gasteiger partial charge in [-0.05, 0) is 103 Å². The number of hydrogen-bond donors (Lipinski definition) is 2. The maximum Gasteiger partial charge on any atom is 0.324 e. The van der Waals surface area contributed by atoms with Gasteiger partial charge in [0.05, 0.1) is 60.5 Å². The minimum Gasteiger partial charge on any atom is -0.464 e. The molecule has 4 aromatic rings. The van der Waals surface area contributed by atoms with Gasteiger partial charge in [-0.15, -0.1) is 11.3 Å². The van der Waals surface area contributed by atoms with Crippen LogP contribution in [0.1, 0.15) is 109 Å². The number of carbonyl (C=O) groups excluding carboxylic acids is 3. The summed E-state index contributed by atoms with van der Waals surface area (Å²) >= 11 is 1.40. The van der Waals surface area contributed by atoms with Gasteiger partial charge in [-0.2, -0.15) is 0 Å². The number of anilines is 1. The summed E-state index contributed by atoms with van der Waals surface area (Å²) in [6.45, 7) is 17.8. The second-order valence-electron chi connectivity index (χ2n) is 20.4. The lowest BCUT2D eigenvalue weighted by Gasteiger charge is -2.37. The zero-order chi connectivity index (χ0) is 47.9. The quantitative estimate of drug-likeness (QED) is 0.146. The Balaban J connectivity index is 1.21. The van der Waals surface area contributed by atoms with E-state index in [0.29, 0.717) is 56.8 Å². The van der Waals surface area contributed by atoms with Crippen molar-refractivity contribution in [2.75, 3.05) is 71.6 Å². The number of pyridine rings is 1. The van der Waals surface area contributed by atoms with E-state index >= 15 is 0 Å². The fraction of sp³-hybridized carbons (Fsp3) is 0.627. The van der Waals surface area contributed by atoms with Gasteiger partial charge < -0.3 is 43.4 Å². The Hall–Kier alpha value is -4.49. The average molecular weight is 955 g/mol. The van der Waals surface area contributed by atoms with E-state index in [1.165, 1.54) is 16.3 Å². The van der Waals surface area contributed by atoms with E-state index in [9.17, 15) is 14.4 Å². The fourth-order valence-electron chi connectivity index (χ4n) is 10.7. The van der Waals surface area contributed by atoms with Crippen LogP contribution >= 0.6 is 11.3 Å². The van der Waals surface area contributed by atoms with Gasteiger partial charge in [-0.3, -0.25) is 24.4 Å². The van der Waals surface area contributed by atoms with Crippen molar-refractivity contribution in [3.05, 3.63) is 52.1 Å². The molecule has 3 aromatic heterocycles. The van der Waals surface area contributed by atoms with Gasteiger partial charge in [-0.1, -0.05) is 19.9 Å². The number of carbonyl (C=O) groups is 3. The predicted molar refractivity (Wildman–Crippen MR) is 261 cm³/mol. The molecule has 0 aliphatic carbocycles. The number of nitrogens with zero attached hydrogens (tertiary/aromatic N) is 6. The molecule has 0 saturated carbocycles. The number of hydrogen-bond acceptors (Lipinski definition) is 14. The number of rotatable bonds is 12. The lowest BCUT2D eigenvalue weighted by atomic mass is 9.84. The summed E-state index contributed by atoms with van der Waals surface area (Å²) in [5.74, 6) is -1.17. The van der Waals surface area contributed by atoms with E-state index in [2.05, 4.69) is 84.1 Å². The first-order valence-electron chi connectivity index (χ1n) is 24.7. The average Bonchev–Trinajstić information content (AvgIpc) is 4.16. The van der Waals surface area contributed by atoms with Crippen molar-refractivity contribution in [2.45, 2.75) is 135 Å². The van der Waals surface area contributed by atoms with Gasteiger partial charge in [0.25, 0.3) is 11.8 Å². The first-order valence-corrected chi connectivity index (χ1v) is 25.6. The second kappa shape index (κ2) is 20.1. The fourth-order valence-corrected chi connectivity index (χ4v) is 11.6. The highest BCUT2D eigenvalue weighted by Crippen LogP contribution is 2.45. The van der Waals surface area contributed by atoms with Crippen molar-refractivity contribution in [1.29, 1.82) is 0 Å². The minimum absolute atomic E-state index is 0.0430. The zero-order valence-corrected chi connectivity index (χ0v) is 41.9. The number of benzene rings is 1. The van der Waals surface area contributed by atoms with E-state index < -0.39 is 41.1 Å². The lowest BCUT2D eigenvalue weighted by Crippen LogP contribution is -2.62. The highest BCUT2D eigenvalue weighted by Gasteiger charge is 2.53.